The van der Waals surface area contributed by atoms with Crippen LogP contribution < -0.4 is 9.88 Å². The van der Waals surface area contributed by atoms with Crippen molar-refractivity contribution in [3.05, 3.63) is 35.2 Å². The van der Waals surface area contributed by atoms with E-state index >= 15 is 0 Å². The van der Waals surface area contributed by atoms with Gasteiger partial charge in [0.25, 0.3) is 0 Å². The summed E-state index contributed by atoms with van der Waals surface area (Å²) in [5.41, 5.74) is 1.35. The zero-order valence-electron chi connectivity index (χ0n) is 8.60. The van der Waals surface area contributed by atoms with Crippen molar-refractivity contribution in [3.8, 4) is 5.75 Å². The van der Waals surface area contributed by atoms with Crippen molar-refractivity contribution in [1.82, 2.24) is 0 Å². The van der Waals surface area contributed by atoms with Crippen LogP contribution in [0.2, 0.25) is 0 Å². The van der Waals surface area contributed by atoms with Gasteiger partial charge in [-0.15, -0.1) is 0 Å². The molecule has 0 bridgehead atoms. The van der Waals surface area contributed by atoms with Crippen molar-refractivity contribution in [2.45, 2.75) is 6.92 Å². The molecule has 0 heterocycles. The molecule has 0 saturated heterocycles. The Bertz CT molecular complexity index is 477. The van der Waals surface area contributed by atoms with E-state index in [1.807, 2.05) is 0 Å². The second-order valence-electron chi connectivity index (χ2n) is 3.12. The van der Waals surface area contributed by atoms with E-state index in [1.165, 1.54) is 0 Å². The van der Waals surface area contributed by atoms with E-state index in [9.17, 15) is 8.42 Å². The van der Waals surface area contributed by atoms with Crippen LogP contribution >= 0.6 is 0 Å². The quantitative estimate of drug-likeness (QED) is 0.847. The van der Waals surface area contributed by atoms with Crippen molar-refractivity contribution in [2.75, 3.05) is 7.11 Å². The number of sulfonamides is 1. The second-order valence-corrected chi connectivity index (χ2v) is 4.54. The maximum Gasteiger partial charge on any atom is 0.231 e. The van der Waals surface area contributed by atoms with Crippen LogP contribution in [0.5, 0.6) is 5.75 Å². The Kier molecular flexibility index (Phi) is 3.49. The SMILES string of the molecule is COc1cccc(C(C)=CS(N)(=O)=O)c1. The molecule has 0 saturated carbocycles. The molecule has 0 spiro atoms. The third-order valence-electron chi connectivity index (χ3n) is 1.87. The molecule has 1 rings (SSSR count). The Hall–Kier alpha value is -1.33. The summed E-state index contributed by atoms with van der Waals surface area (Å²) in [6.07, 6.45) is 0. The van der Waals surface area contributed by atoms with Crippen LogP contribution in [0.15, 0.2) is 29.7 Å². The molecule has 0 fully saturated rings. The minimum atomic E-state index is -3.59. The Morgan fingerprint density at radius 1 is 1.47 bits per heavy atom. The van der Waals surface area contributed by atoms with Crippen molar-refractivity contribution >= 4 is 15.6 Å². The predicted molar refractivity (Wildman–Crippen MR) is 59.8 cm³/mol. The lowest BCUT2D eigenvalue weighted by Crippen LogP contribution is -2.07. The van der Waals surface area contributed by atoms with Crippen molar-refractivity contribution in [3.63, 3.8) is 0 Å². The highest BCUT2D eigenvalue weighted by molar-refractivity contribution is 7.92. The molecule has 82 valence electrons. The molecule has 0 atom stereocenters. The fourth-order valence-electron chi connectivity index (χ4n) is 1.18. The van der Waals surface area contributed by atoms with Crippen molar-refractivity contribution < 1.29 is 13.2 Å². The number of benzene rings is 1. The molecule has 0 aromatic heterocycles. The van der Waals surface area contributed by atoms with Gasteiger partial charge in [-0.05, 0) is 30.2 Å². The first-order chi connectivity index (χ1) is 6.92. The fourth-order valence-corrected chi connectivity index (χ4v) is 1.81. The van der Waals surface area contributed by atoms with Gasteiger partial charge in [0.1, 0.15) is 5.75 Å². The van der Waals surface area contributed by atoms with E-state index in [1.54, 1.807) is 38.3 Å². The summed E-state index contributed by atoms with van der Waals surface area (Å²) in [4.78, 5) is 0. The lowest BCUT2D eigenvalue weighted by molar-refractivity contribution is 0.414. The Morgan fingerprint density at radius 2 is 2.13 bits per heavy atom. The topological polar surface area (TPSA) is 69.4 Å². The lowest BCUT2D eigenvalue weighted by Gasteiger charge is -2.04. The Balaban J connectivity index is 3.12. The molecule has 0 amide bonds. The molecule has 0 aliphatic rings. The third kappa shape index (κ3) is 3.73. The highest BCUT2D eigenvalue weighted by Gasteiger charge is 2.02. The van der Waals surface area contributed by atoms with E-state index in [4.69, 9.17) is 9.88 Å². The summed E-state index contributed by atoms with van der Waals surface area (Å²) < 4.78 is 26.7. The number of methoxy groups -OCH3 is 1. The molecule has 0 unspecified atom stereocenters. The molecule has 15 heavy (non-hydrogen) atoms. The number of rotatable bonds is 3. The fraction of sp³-hybridized carbons (Fsp3) is 0.200. The van der Waals surface area contributed by atoms with Gasteiger partial charge in [0.15, 0.2) is 0 Å². The standard InChI is InChI=1S/C10H13NO3S/c1-8(7-15(11,12)13)9-4-3-5-10(6-9)14-2/h3-7H,1-2H3,(H2,11,12,13). The monoisotopic (exact) mass is 227 g/mol. The van der Waals surface area contributed by atoms with Crippen LogP contribution in [0.25, 0.3) is 5.57 Å². The molecule has 5 heteroatoms. The summed E-state index contributed by atoms with van der Waals surface area (Å²) in [6, 6.07) is 7.11. The smallest absolute Gasteiger partial charge is 0.231 e. The van der Waals surface area contributed by atoms with E-state index in [2.05, 4.69) is 0 Å². The van der Waals surface area contributed by atoms with Crippen molar-refractivity contribution in [2.24, 2.45) is 5.14 Å². The summed E-state index contributed by atoms with van der Waals surface area (Å²) >= 11 is 0. The van der Waals surface area contributed by atoms with E-state index < -0.39 is 10.0 Å². The minimum Gasteiger partial charge on any atom is -0.497 e. The van der Waals surface area contributed by atoms with E-state index in [-0.39, 0.29) is 0 Å². The van der Waals surface area contributed by atoms with Gasteiger partial charge in [0.2, 0.25) is 10.0 Å². The molecular formula is C10H13NO3S. The van der Waals surface area contributed by atoms with Crippen LogP contribution in [0, 0.1) is 0 Å². The average molecular weight is 227 g/mol. The number of nitrogens with two attached hydrogens (primary N) is 1. The summed E-state index contributed by atoms with van der Waals surface area (Å²) in [5.74, 6) is 0.676. The molecule has 4 nitrogen and oxygen atoms in total. The third-order valence-corrected chi connectivity index (χ3v) is 2.55. The zero-order valence-corrected chi connectivity index (χ0v) is 9.41. The molecular weight excluding hydrogens is 214 g/mol. The number of allylic oxidation sites excluding steroid dienone is 1. The molecule has 1 aromatic carbocycles. The highest BCUT2D eigenvalue weighted by Crippen LogP contribution is 2.19. The minimum absolute atomic E-state index is 0.580. The van der Waals surface area contributed by atoms with Crippen LogP contribution in [0.1, 0.15) is 12.5 Å². The molecule has 2 N–H and O–H groups in total. The summed E-state index contributed by atoms with van der Waals surface area (Å²) in [6.45, 7) is 1.68. The number of primary sulfonamides is 1. The van der Waals surface area contributed by atoms with Gasteiger partial charge in [-0.25, -0.2) is 13.6 Å². The first-order valence-electron chi connectivity index (χ1n) is 4.28. The molecule has 0 aliphatic carbocycles. The predicted octanol–water partition coefficient (Wildman–Crippen LogP) is 1.34. The molecule has 0 radical (unpaired) electrons. The van der Waals surface area contributed by atoms with Gasteiger partial charge in [0, 0.05) is 5.41 Å². The molecule has 1 aromatic rings. The maximum atomic E-state index is 10.8. The lowest BCUT2D eigenvalue weighted by atomic mass is 10.1. The summed E-state index contributed by atoms with van der Waals surface area (Å²) in [5, 5.41) is 5.94. The first kappa shape index (κ1) is 11.7. The van der Waals surface area contributed by atoms with Crippen LogP contribution in [0.3, 0.4) is 0 Å². The number of hydrogen-bond donors (Lipinski definition) is 1. The van der Waals surface area contributed by atoms with E-state index in [0.29, 0.717) is 11.3 Å². The molecule has 0 aliphatic heterocycles. The highest BCUT2D eigenvalue weighted by atomic mass is 32.2. The average Bonchev–Trinajstić information content (AvgIpc) is 2.15. The van der Waals surface area contributed by atoms with Gasteiger partial charge in [0.05, 0.1) is 7.11 Å². The van der Waals surface area contributed by atoms with E-state index in [0.717, 1.165) is 11.0 Å². The Labute approximate surface area is 89.4 Å². The van der Waals surface area contributed by atoms with Gasteiger partial charge >= 0.3 is 0 Å². The largest absolute Gasteiger partial charge is 0.497 e. The van der Waals surface area contributed by atoms with Crippen LogP contribution in [0.4, 0.5) is 0 Å². The normalized spacial score (nSPS) is 12.6. The summed E-state index contributed by atoms with van der Waals surface area (Å²) in [7, 11) is -2.04. The van der Waals surface area contributed by atoms with Gasteiger partial charge in [-0.2, -0.15) is 0 Å². The Morgan fingerprint density at radius 3 is 2.67 bits per heavy atom. The maximum absolute atomic E-state index is 10.8. The first-order valence-corrected chi connectivity index (χ1v) is 5.89. The van der Waals surface area contributed by atoms with Crippen LogP contribution in [-0.2, 0) is 10.0 Å². The van der Waals surface area contributed by atoms with Crippen molar-refractivity contribution in [1.29, 1.82) is 0 Å². The van der Waals surface area contributed by atoms with Gasteiger partial charge < -0.3 is 4.74 Å². The number of hydrogen-bond acceptors (Lipinski definition) is 3. The second kappa shape index (κ2) is 4.46. The number of ether oxygens (including phenoxy) is 1. The van der Waals surface area contributed by atoms with Gasteiger partial charge in [-0.1, -0.05) is 12.1 Å². The zero-order chi connectivity index (χ0) is 11.5. The van der Waals surface area contributed by atoms with Gasteiger partial charge in [-0.3, -0.25) is 0 Å². The van der Waals surface area contributed by atoms with Crippen LogP contribution in [-0.4, -0.2) is 15.5 Å².